The normalized spacial score (nSPS) is 10.7. The minimum Gasteiger partial charge on any atom is -0.391 e. The van der Waals surface area contributed by atoms with Gasteiger partial charge in [0.25, 0.3) is 0 Å². The van der Waals surface area contributed by atoms with Gasteiger partial charge in [0, 0.05) is 18.7 Å². The predicted molar refractivity (Wildman–Crippen MR) is 57.2 cm³/mol. The van der Waals surface area contributed by atoms with Crippen LogP contribution in [0.1, 0.15) is 15.4 Å². The summed E-state index contributed by atoms with van der Waals surface area (Å²) in [6.07, 6.45) is 1.94. The molecule has 2 rings (SSSR count). The lowest BCUT2D eigenvalue weighted by Crippen LogP contribution is -1.90. The number of halogens is 2. The summed E-state index contributed by atoms with van der Waals surface area (Å²) in [7, 11) is 0. The van der Waals surface area contributed by atoms with Crippen LogP contribution in [0.3, 0.4) is 0 Å². The van der Waals surface area contributed by atoms with E-state index in [0.29, 0.717) is 12.0 Å². The number of hydrogen-bond donors (Lipinski definition) is 1. The van der Waals surface area contributed by atoms with Crippen molar-refractivity contribution in [2.24, 2.45) is 0 Å². The van der Waals surface area contributed by atoms with Gasteiger partial charge in [0.2, 0.25) is 0 Å². The number of aliphatic hydroxyl groups excluding tert-OH is 1. The van der Waals surface area contributed by atoms with Crippen LogP contribution in [0.2, 0.25) is 0 Å². The third kappa shape index (κ3) is 2.62. The molecule has 0 aliphatic carbocycles. The Morgan fingerprint density at radius 3 is 2.44 bits per heavy atom. The molecule has 1 aromatic heterocycles. The molecule has 84 valence electrons. The quantitative estimate of drug-likeness (QED) is 0.895. The van der Waals surface area contributed by atoms with Gasteiger partial charge in [-0.3, -0.25) is 0 Å². The van der Waals surface area contributed by atoms with Gasteiger partial charge < -0.3 is 5.11 Å². The van der Waals surface area contributed by atoms with Gasteiger partial charge in [-0.05, 0) is 17.7 Å². The third-order valence-electron chi connectivity index (χ3n) is 2.03. The zero-order chi connectivity index (χ0) is 11.5. The van der Waals surface area contributed by atoms with E-state index in [1.165, 1.54) is 23.5 Å². The lowest BCUT2D eigenvalue weighted by molar-refractivity contribution is 0.285. The number of hydrogen-bond acceptors (Lipinski definition) is 3. The monoisotopic (exact) mass is 241 g/mol. The van der Waals surface area contributed by atoms with Crippen LogP contribution in [0.25, 0.3) is 0 Å². The molecule has 0 saturated heterocycles. The van der Waals surface area contributed by atoms with Crippen LogP contribution in [0.4, 0.5) is 8.78 Å². The van der Waals surface area contributed by atoms with Crippen molar-refractivity contribution in [2.45, 2.75) is 13.0 Å². The molecule has 1 aromatic carbocycles. The summed E-state index contributed by atoms with van der Waals surface area (Å²) < 4.78 is 25.8. The molecule has 2 aromatic rings. The van der Waals surface area contributed by atoms with Crippen molar-refractivity contribution in [3.05, 3.63) is 51.5 Å². The summed E-state index contributed by atoms with van der Waals surface area (Å²) in [5, 5.41) is 9.59. The van der Waals surface area contributed by atoms with E-state index < -0.39 is 11.6 Å². The lowest BCUT2D eigenvalue weighted by atomic mass is 10.1. The van der Waals surface area contributed by atoms with E-state index in [9.17, 15) is 8.78 Å². The van der Waals surface area contributed by atoms with E-state index in [0.717, 1.165) is 16.0 Å². The zero-order valence-electron chi connectivity index (χ0n) is 8.28. The minimum absolute atomic E-state index is 0.0603. The average molecular weight is 241 g/mol. The fraction of sp³-hybridized carbons (Fsp3) is 0.182. The highest BCUT2D eigenvalue weighted by Crippen LogP contribution is 2.18. The molecule has 0 aliphatic heterocycles. The minimum atomic E-state index is -0.589. The molecule has 16 heavy (non-hydrogen) atoms. The molecule has 1 heterocycles. The highest BCUT2D eigenvalue weighted by molar-refractivity contribution is 7.11. The van der Waals surface area contributed by atoms with Gasteiger partial charge in [-0.15, -0.1) is 11.3 Å². The first-order valence-corrected chi connectivity index (χ1v) is 5.48. The summed E-state index contributed by atoms with van der Waals surface area (Å²) in [4.78, 5) is 4.80. The molecule has 5 heteroatoms. The second-order valence-corrected chi connectivity index (χ2v) is 4.53. The first-order chi connectivity index (χ1) is 7.67. The van der Waals surface area contributed by atoms with Crippen molar-refractivity contribution in [1.29, 1.82) is 0 Å². The highest BCUT2D eigenvalue weighted by atomic mass is 32.1. The van der Waals surface area contributed by atoms with Gasteiger partial charge in [0.1, 0.15) is 11.6 Å². The Labute approximate surface area is 95.2 Å². The van der Waals surface area contributed by atoms with E-state index in [1.54, 1.807) is 6.20 Å². The standard InChI is InChI=1S/C11H9F2NOS/c12-8-1-7(2-9(13)4-8)3-11-14-5-10(6-15)16-11/h1-2,4-5,15H,3,6H2. The highest BCUT2D eigenvalue weighted by Gasteiger charge is 2.05. The van der Waals surface area contributed by atoms with Gasteiger partial charge in [-0.1, -0.05) is 0 Å². The second kappa shape index (κ2) is 4.67. The maximum Gasteiger partial charge on any atom is 0.126 e. The fourth-order valence-electron chi connectivity index (χ4n) is 1.39. The number of rotatable bonds is 3. The Hall–Kier alpha value is -1.33. The molecule has 0 bridgehead atoms. The van der Waals surface area contributed by atoms with Crippen molar-refractivity contribution < 1.29 is 13.9 Å². The van der Waals surface area contributed by atoms with E-state index in [4.69, 9.17) is 5.11 Å². The SMILES string of the molecule is OCc1cnc(Cc2cc(F)cc(F)c2)s1. The maximum absolute atomic E-state index is 12.9. The first kappa shape index (κ1) is 11.2. The third-order valence-corrected chi connectivity index (χ3v) is 3.02. The fourth-order valence-corrected chi connectivity index (χ4v) is 2.21. The molecule has 0 amide bonds. The predicted octanol–water partition coefficient (Wildman–Crippen LogP) is 2.50. The second-order valence-electron chi connectivity index (χ2n) is 3.33. The Balaban J connectivity index is 2.19. The Bertz CT molecular complexity index is 478. The number of benzene rings is 1. The van der Waals surface area contributed by atoms with Crippen LogP contribution in [-0.4, -0.2) is 10.1 Å². The van der Waals surface area contributed by atoms with Crippen LogP contribution in [0, 0.1) is 11.6 Å². The van der Waals surface area contributed by atoms with Crippen LogP contribution in [-0.2, 0) is 13.0 Å². The van der Waals surface area contributed by atoms with Crippen LogP contribution < -0.4 is 0 Å². The van der Waals surface area contributed by atoms with Crippen LogP contribution in [0.5, 0.6) is 0 Å². The van der Waals surface area contributed by atoms with Crippen LogP contribution in [0.15, 0.2) is 24.4 Å². The molecule has 0 unspecified atom stereocenters. The van der Waals surface area contributed by atoms with Gasteiger partial charge in [0.15, 0.2) is 0 Å². The van der Waals surface area contributed by atoms with Gasteiger partial charge >= 0.3 is 0 Å². The summed E-state index contributed by atoms with van der Waals surface area (Å²) in [5.74, 6) is -1.18. The van der Waals surface area contributed by atoms with Crippen molar-refractivity contribution in [3.63, 3.8) is 0 Å². The summed E-state index contributed by atoms with van der Waals surface area (Å²) >= 11 is 1.33. The summed E-state index contributed by atoms with van der Waals surface area (Å²) in [6, 6.07) is 3.40. The molecule has 1 N–H and O–H groups in total. The van der Waals surface area contributed by atoms with Crippen molar-refractivity contribution in [1.82, 2.24) is 4.98 Å². The topological polar surface area (TPSA) is 33.1 Å². The van der Waals surface area contributed by atoms with Crippen molar-refractivity contribution in [2.75, 3.05) is 0 Å². The molecule has 0 aliphatic rings. The number of aliphatic hydroxyl groups is 1. The zero-order valence-corrected chi connectivity index (χ0v) is 9.10. The Morgan fingerprint density at radius 1 is 1.19 bits per heavy atom. The van der Waals surface area contributed by atoms with Gasteiger partial charge in [0.05, 0.1) is 16.5 Å². The maximum atomic E-state index is 12.9. The Kier molecular flexibility index (Phi) is 3.26. The first-order valence-electron chi connectivity index (χ1n) is 4.67. The van der Waals surface area contributed by atoms with E-state index in [2.05, 4.69) is 4.98 Å². The van der Waals surface area contributed by atoms with E-state index in [1.807, 2.05) is 0 Å². The van der Waals surface area contributed by atoms with Gasteiger partial charge in [-0.25, -0.2) is 13.8 Å². The largest absolute Gasteiger partial charge is 0.391 e. The number of nitrogens with zero attached hydrogens (tertiary/aromatic N) is 1. The molecule has 2 nitrogen and oxygen atoms in total. The molecular formula is C11H9F2NOS. The average Bonchev–Trinajstić information content (AvgIpc) is 2.64. The van der Waals surface area contributed by atoms with E-state index in [-0.39, 0.29) is 6.61 Å². The van der Waals surface area contributed by atoms with Crippen LogP contribution >= 0.6 is 11.3 Å². The molecule has 0 fully saturated rings. The molecular weight excluding hydrogens is 232 g/mol. The number of thiazole rings is 1. The lowest BCUT2D eigenvalue weighted by Gasteiger charge is -1.98. The van der Waals surface area contributed by atoms with Crippen molar-refractivity contribution >= 4 is 11.3 Å². The Morgan fingerprint density at radius 2 is 1.88 bits per heavy atom. The van der Waals surface area contributed by atoms with Gasteiger partial charge in [-0.2, -0.15) is 0 Å². The summed E-state index contributed by atoms with van der Waals surface area (Å²) in [6.45, 7) is -0.0603. The molecule has 0 spiro atoms. The number of aromatic nitrogens is 1. The smallest absolute Gasteiger partial charge is 0.126 e. The van der Waals surface area contributed by atoms with Crippen molar-refractivity contribution in [3.8, 4) is 0 Å². The molecule has 0 radical (unpaired) electrons. The summed E-state index contributed by atoms with van der Waals surface area (Å²) in [5.41, 5.74) is 0.538. The molecule has 0 atom stereocenters. The van der Waals surface area contributed by atoms with E-state index >= 15 is 0 Å². The molecule has 0 saturated carbocycles.